The van der Waals surface area contributed by atoms with Crippen molar-refractivity contribution < 1.29 is 28.2 Å². The van der Waals surface area contributed by atoms with Crippen LogP contribution in [0, 0.1) is 0 Å². The van der Waals surface area contributed by atoms with Crippen LogP contribution in [0.25, 0.3) is 0 Å². The number of pyridine rings is 1. The Morgan fingerprint density at radius 2 is 2.09 bits per heavy atom. The fraction of sp³-hybridized carbons (Fsp3) is 0.417. The molecule has 0 radical (unpaired) electrons. The molecule has 0 aliphatic heterocycles. The summed E-state index contributed by atoms with van der Waals surface area (Å²) in [6.07, 6.45) is 2.41. The average molecular weight is 331 g/mol. The summed E-state index contributed by atoms with van der Waals surface area (Å²) in [6.45, 7) is 0.398. The van der Waals surface area contributed by atoms with Gasteiger partial charge in [-0.3, -0.25) is 9.78 Å². The molecule has 1 aromatic rings. The van der Waals surface area contributed by atoms with Crippen LogP contribution in [0.1, 0.15) is 13.3 Å². The van der Waals surface area contributed by atoms with Gasteiger partial charge in [0.2, 0.25) is 15.9 Å². The summed E-state index contributed by atoms with van der Waals surface area (Å²) < 4.78 is 25.9. The number of nitrogens with one attached hydrogen (secondary N) is 2. The second kappa shape index (κ2) is 7.29. The summed E-state index contributed by atoms with van der Waals surface area (Å²) in [5.41, 5.74) is -2.08. The van der Waals surface area contributed by atoms with E-state index in [1.807, 2.05) is 0 Å². The van der Waals surface area contributed by atoms with E-state index in [0.29, 0.717) is 0 Å². The van der Waals surface area contributed by atoms with E-state index in [1.54, 1.807) is 0 Å². The van der Waals surface area contributed by atoms with Crippen molar-refractivity contribution in [1.82, 2.24) is 15.0 Å². The highest BCUT2D eigenvalue weighted by atomic mass is 32.2. The van der Waals surface area contributed by atoms with Gasteiger partial charge in [-0.25, -0.2) is 17.9 Å². The van der Waals surface area contributed by atoms with Crippen LogP contribution in [-0.2, 0) is 19.6 Å². The van der Waals surface area contributed by atoms with Crippen LogP contribution >= 0.6 is 0 Å². The minimum Gasteiger partial charge on any atom is -0.479 e. The Balaban J connectivity index is 2.41. The molecule has 0 bridgehead atoms. The molecule has 1 rings (SSSR count). The number of aliphatic hydroxyl groups is 1. The zero-order valence-corrected chi connectivity index (χ0v) is 12.6. The molecule has 122 valence electrons. The first-order chi connectivity index (χ1) is 10.1. The monoisotopic (exact) mass is 331 g/mol. The lowest BCUT2D eigenvalue weighted by Crippen LogP contribution is -2.47. The normalized spacial score (nSPS) is 14.1. The Morgan fingerprint density at radius 1 is 1.41 bits per heavy atom. The third-order valence-corrected chi connectivity index (χ3v) is 4.13. The van der Waals surface area contributed by atoms with Crippen molar-refractivity contribution in [2.45, 2.75) is 23.8 Å². The van der Waals surface area contributed by atoms with Crippen LogP contribution in [0.3, 0.4) is 0 Å². The van der Waals surface area contributed by atoms with E-state index in [0.717, 1.165) is 6.92 Å². The molecule has 0 aromatic carbocycles. The predicted molar refractivity (Wildman–Crippen MR) is 75.3 cm³/mol. The Morgan fingerprint density at radius 3 is 2.64 bits per heavy atom. The van der Waals surface area contributed by atoms with Gasteiger partial charge in [-0.05, 0) is 19.1 Å². The molecular weight excluding hydrogens is 314 g/mol. The number of nitrogens with zero attached hydrogens (tertiary/aromatic N) is 1. The molecule has 22 heavy (non-hydrogen) atoms. The van der Waals surface area contributed by atoms with Gasteiger partial charge in [0.05, 0.1) is 6.54 Å². The van der Waals surface area contributed by atoms with Crippen molar-refractivity contribution in [2.24, 2.45) is 0 Å². The van der Waals surface area contributed by atoms with E-state index in [-0.39, 0.29) is 17.9 Å². The van der Waals surface area contributed by atoms with Gasteiger partial charge in [0.1, 0.15) is 4.90 Å². The highest BCUT2D eigenvalue weighted by molar-refractivity contribution is 7.89. The Labute approximate surface area is 127 Å². The molecule has 4 N–H and O–H groups in total. The van der Waals surface area contributed by atoms with E-state index in [4.69, 9.17) is 5.11 Å². The number of sulfonamides is 1. The third kappa shape index (κ3) is 5.39. The number of carboxylic acid groups (broad SMARTS) is 1. The maximum atomic E-state index is 11.8. The van der Waals surface area contributed by atoms with E-state index in [1.165, 1.54) is 24.5 Å². The Hall–Kier alpha value is -2.04. The molecule has 0 spiro atoms. The molecule has 10 heteroatoms. The minimum absolute atomic E-state index is 0.0239. The first-order valence-corrected chi connectivity index (χ1v) is 7.75. The van der Waals surface area contributed by atoms with Gasteiger partial charge in [-0.15, -0.1) is 0 Å². The summed E-state index contributed by atoms with van der Waals surface area (Å²) in [5.74, 6) is -2.06. The van der Waals surface area contributed by atoms with Crippen molar-refractivity contribution in [1.29, 1.82) is 0 Å². The van der Waals surface area contributed by atoms with Crippen LogP contribution in [0.5, 0.6) is 0 Å². The van der Waals surface area contributed by atoms with E-state index in [9.17, 15) is 23.1 Å². The van der Waals surface area contributed by atoms with Gasteiger partial charge in [0.25, 0.3) is 0 Å². The molecule has 1 amide bonds. The van der Waals surface area contributed by atoms with E-state index < -0.39 is 34.0 Å². The van der Waals surface area contributed by atoms with Gasteiger partial charge < -0.3 is 15.5 Å². The van der Waals surface area contributed by atoms with Gasteiger partial charge in [-0.2, -0.15) is 0 Å². The number of hydrogen-bond acceptors (Lipinski definition) is 6. The van der Waals surface area contributed by atoms with Gasteiger partial charge in [0, 0.05) is 25.4 Å². The smallest absolute Gasteiger partial charge is 0.337 e. The summed E-state index contributed by atoms with van der Waals surface area (Å²) in [6, 6.07) is 2.83. The summed E-state index contributed by atoms with van der Waals surface area (Å²) in [7, 11) is -3.75. The van der Waals surface area contributed by atoms with Crippen LogP contribution < -0.4 is 10.0 Å². The minimum atomic E-state index is -3.75. The molecular formula is C12H17N3O6S. The Kier molecular flexibility index (Phi) is 5.97. The SMILES string of the molecule is CC(O)(CNC(=O)CCNS(=O)(=O)c1cccnc1)C(=O)O. The second-order valence-corrected chi connectivity index (χ2v) is 6.46. The first-order valence-electron chi connectivity index (χ1n) is 6.27. The molecule has 9 nitrogen and oxygen atoms in total. The number of rotatable bonds is 8. The fourth-order valence-electron chi connectivity index (χ4n) is 1.32. The molecule has 1 heterocycles. The largest absolute Gasteiger partial charge is 0.479 e. The number of hydrogen-bond donors (Lipinski definition) is 4. The van der Waals surface area contributed by atoms with Crippen LogP contribution in [0.15, 0.2) is 29.4 Å². The Bertz CT molecular complexity index is 630. The number of amides is 1. The quantitative estimate of drug-likeness (QED) is 0.463. The molecule has 0 saturated carbocycles. The molecule has 0 saturated heterocycles. The maximum Gasteiger partial charge on any atom is 0.337 e. The lowest BCUT2D eigenvalue weighted by Gasteiger charge is -2.18. The lowest BCUT2D eigenvalue weighted by molar-refractivity contribution is -0.156. The van der Waals surface area contributed by atoms with Gasteiger partial charge in [-0.1, -0.05) is 0 Å². The standard InChI is InChI=1S/C12H17N3O6S/c1-12(19,11(17)18)8-14-10(16)4-6-15-22(20,21)9-3-2-5-13-7-9/h2-3,5,7,15,19H,4,6,8H2,1H3,(H,14,16)(H,17,18). The molecule has 0 aliphatic rings. The average Bonchev–Trinajstić information content (AvgIpc) is 2.46. The summed E-state index contributed by atoms with van der Waals surface area (Å²) in [5, 5.41) is 20.3. The number of carbonyl (C=O) groups excluding carboxylic acids is 1. The number of aromatic nitrogens is 1. The van der Waals surface area contributed by atoms with Crippen molar-refractivity contribution in [2.75, 3.05) is 13.1 Å². The first kappa shape index (κ1) is 18.0. The van der Waals surface area contributed by atoms with Crippen molar-refractivity contribution in [3.63, 3.8) is 0 Å². The molecule has 1 atom stereocenters. The van der Waals surface area contributed by atoms with Gasteiger partial charge in [0.15, 0.2) is 5.60 Å². The second-order valence-electron chi connectivity index (χ2n) is 4.69. The van der Waals surface area contributed by atoms with E-state index >= 15 is 0 Å². The topological polar surface area (TPSA) is 146 Å². The molecule has 1 unspecified atom stereocenters. The number of carbonyl (C=O) groups is 2. The maximum absolute atomic E-state index is 11.8. The lowest BCUT2D eigenvalue weighted by atomic mass is 10.1. The number of aliphatic carboxylic acids is 1. The van der Waals surface area contributed by atoms with Crippen molar-refractivity contribution in [3.05, 3.63) is 24.5 Å². The summed E-state index contributed by atoms with van der Waals surface area (Å²) in [4.78, 5) is 25.8. The molecule has 0 aliphatic carbocycles. The molecule has 1 aromatic heterocycles. The van der Waals surface area contributed by atoms with Crippen molar-refractivity contribution >= 4 is 21.9 Å². The number of carboxylic acids is 1. The fourth-order valence-corrected chi connectivity index (χ4v) is 2.32. The highest BCUT2D eigenvalue weighted by Gasteiger charge is 2.30. The van der Waals surface area contributed by atoms with Crippen LogP contribution in [-0.4, -0.2) is 54.2 Å². The highest BCUT2D eigenvalue weighted by Crippen LogP contribution is 2.05. The third-order valence-electron chi connectivity index (χ3n) is 2.68. The van der Waals surface area contributed by atoms with E-state index in [2.05, 4.69) is 15.0 Å². The van der Waals surface area contributed by atoms with Crippen molar-refractivity contribution in [3.8, 4) is 0 Å². The van der Waals surface area contributed by atoms with Crippen LogP contribution in [0.4, 0.5) is 0 Å². The molecule has 0 fully saturated rings. The van der Waals surface area contributed by atoms with Crippen LogP contribution in [0.2, 0.25) is 0 Å². The van der Waals surface area contributed by atoms with Gasteiger partial charge >= 0.3 is 5.97 Å². The zero-order chi connectivity index (χ0) is 16.8. The summed E-state index contributed by atoms with van der Waals surface area (Å²) >= 11 is 0. The zero-order valence-electron chi connectivity index (χ0n) is 11.8. The predicted octanol–water partition coefficient (Wildman–Crippen LogP) is -1.30.